The lowest BCUT2D eigenvalue weighted by molar-refractivity contribution is 0.286. The van der Waals surface area contributed by atoms with Gasteiger partial charge in [0.25, 0.3) is 0 Å². The number of anilines is 2. The van der Waals surface area contributed by atoms with E-state index >= 15 is 0 Å². The van der Waals surface area contributed by atoms with Crippen molar-refractivity contribution in [3.8, 4) is 11.5 Å². The van der Waals surface area contributed by atoms with Crippen molar-refractivity contribution in [2.24, 2.45) is 0 Å². The van der Waals surface area contributed by atoms with E-state index in [1.54, 1.807) is 13.2 Å². The monoisotopic (exact) mass is 389 g/mol. The van der Waals surface area contributed by atoms with Gasteiger partial charge in [-0.1, -0.05) is 31.4 Å². The number of hydrogen-bond donors (Lipinski definition) is 1. The highest BCUT2D eigenvalue weighted by Gasteiger charge is 2.12. The van der Waals surface area contributed by atoms with Crippen molar-refractivity contribution in [3.05, 3.63) is 47.5 Å². The van der Waals surface area contributed by atoms with Crippen LogP contribution in [0.2, 0.25) is 5.02 Å². The standard InChI is InChI=1S/C20H21ClFN3O2/c1-3-4-5-8-27-19-10-14-17(11-18(19)26-2)23-12-24-20(14)25-13-6-7-16(22)15(21)9-13/h6-7,9-12H,3-5,8H2,1-2H3,(H,23,24,25). The normalized spacial score (nSPS) is 10.8. The molecule has 0 bridgehead atoms. The van der Waals surface area contributed by atoms with Crippen LogP contribution in [0.4, 0.5) is 15.9 Å². The molecule has 0 fully saturated rings. The van der Waals surface area contributed by atoms with Gasteiger partial charge >= 0.3 is 0 Å². The lowest BCUT2D eigenvalue weighted by Crippen LogP contribution is -2.01. The number of nitrogens with one attached hydrogen (secondary N) is 1. The second-order valence-electron chi connectivity index (χ2n) is 6.05. The quantitative estimate of drug-likeness (QED) is 0.497. The van der Waals surface area contributed by atoms with Gasteiger partial charge in [-0.15, -0.1) is 0 Å². The summed E-state index contributed by atoms with van der Waals surface area (Å²) in [5, 5.41) is 3.97. The molecular formula is C20H21ClFN3O2. The molecule has 0 atom stereocenters. The van der Waals surface area contributed by atoms with E-state index in [1.807, 2.05) is 12.1 Å². The molecule has 1 N–H and O–H groups in total. The number of unbranched alkanes of at least 4 members (excludes halogenated alkanes) is 2. The zero-order valence-corrected chi connectivity index (χ0v) is 16.0. The summed E-state index contributed by atoms with van der Waals surface area (Å²) in [6.07, 6.45) is 4.66. The second-order valence-corrected chi connectivity index (χ2v) is 6.46. The van der Waals surface area contributed by atoms with Crippen LogP contribution in [0.3, 0.4) is 0 Å². The molecule has 7 heteroatoms. The zero-order chi connectivity index (χ0) is 19.2. The molecule has 0 radical (unpaired) electrons. The molecule has 0 saturated heterocycles. The van der Waals surface area contributed by atoms with Crippen LogP contribution < -0.4 is 14.8 Å². The molecular weight excluding hydrogens is 369 g/mol. The summed E-state index contributed by atoms with van der Waals surface area (Å²) in [5.41, 5.74) is 1.33. The van der Waals surface area contributed by atoms with Gasteiger partial charge in [0.2, 0.25) is 0 Å². The third-order valence-corrected chi connectivity index (χ3v) is 4.40. The minimum absolute atomic E-state index is 0.0416. The smallest absolute Gasteiger partial charge is 0.162 e. The Bertz CT molecular complexity index is 936. The summed E-state index contributed by atoms with van der Waals surface area (Å²) in [4.78, 5) is 8.61. The maximum atomic E-state index is 13.4. The molecule has 27 heavy (non-hydrogen) atoms. The number of aromatic nitrogens is 2. The first-order valence-electron chi connectivity index (χ1n) is 8.80. The van der Waals surface area contributed by atoms with Crippen molar-refractivity contribution >= 4 is 34.0 Å². The van der Waals surface area contributed by atoms with Crippen molar-refractivity contribution in [1.29, 1.82) is 0 Å². The van der Waals surface area contributed by atoms with E-state index in [-0.39, 0.29) is 5.02 Å². The van der Waals surface area contributed by atoms with Crippen molar-refractivity contribution in [2.75, 3.05) is 19.0 Å². The molecule has 0 amide bonds. The molecule has 0 unspecified atom stereocenters. The SMILES string of the molecule is CCCCCOc1cc2c(Nc3ccc(F)c(Cl)c3)ncnc2cc1OC. The summed E-state index contributed by atoms with van der Waals surface area (Å²) in [5.74, 6) is 1.36. The number of rotatable bonds is 8. The van der Waals surface area contributed by atoms with Crippen LogP contribution in [0.5, 0.6) is 11.5 Å². The Labute approximate surface area is 162 Å². The highest BCUT2D eigenvalue weighted by Crippen LogP contribution is 2.35. The topological polar surface area (TPSA) is 56.3 Å². The maximum absolute atomic E-state index is 13.4. The Morgan fingerprint density at radius 3 is 2.70 bits per heavy atom. The van der Waals surface area contributed by atoms with Gasteiger partial charge in [-0.05, 0) is 30.7 Å². The lowest BCUT2D eigenvalue weighted by atomic mass is 10.2. The largest absolute Gasteiger partial charge is 0.493 e. The van der Waals surface area contributed by atoms with Crippen LogP contribution in [0.1, 0.15) is 26.2 Å². The van der Waals surface area contributed by atoms with E-state index < -0.39 is 5.82 Å². The van der Waals surface area contributed by atoms with Gasteiger partial charge < -0.3 is 14.8 Å². The van der Waals surface area contributed by atoms with E-state index in [9.17, 15) is 4.39 Å². The number of ether oxygens (including phenoxy) is 2. The number of fused-ring (bicyclic) bond motifs is 1. The van der Waals surface area contributed by atoms with Crippen molar-refractivity contribution < 1.29 is 13.9 Å². The molecule has 0 aliphatic heterocycles. The van der Waals surface area contributed by atoms with Crippen LogP contribution in [0.25, 0.3) is 10.9 Å². The Morgan fingerprint density at radius 1 is 1.11 bits per heavy atom. The molecule has 0 aliphatic rings. The summed E-state index contributed by atoms with van der Waals surface area (Å²) < 4.78 is 24.7. The van der Waals surface area contributed by atoms with Gasteiger partial charge in [-0.25, -0.2) is 14.4 Å². The number of nitrogens with zero attached hydrogens (tertiary/aromatic N) is 2. The Morgan fingerprint density at radius 2 is 1.96 bits per heavy atom. The van der Waals surface area contributed by atoms with Gasteiger partial charge in [-0.3, -0.25) is 0 Å². The Hall–Kier alpha value is -2.60. The molecule has 3 aromatic rings. The minimum Gasteiger partial charge on any atom is -0.493 e. The molecule has 3 rings (SSSR count). The van der Waals surface area contributed by atoms with Crippen molar-refractivity contribution in [1.82, 2.24) is 9.97 Å². The van der Waals surface area contributed by atoms with Gasteiger partial charge in [0.05, 0.1) is 24.3 Å². The lowest BCUT2D eigenvalue weighted by Gasteiger charge is -2.14. The average Bonchev–Trinajstić information content (AvgIpc) is 2.68. The van der Waals surface area contributed by atoms with Crippen LogP contribution in [0.15, 0.2) is 36.7 Å². The minimum atomic E-state index is -0.470. The average molecular weight is 390 g/mol. The first-order valence-corrected chi connectivity index (χ1v) is 9.17. The molecule has 5 nitrogen and oxygen atoms in total. The highest BCUT2D eigenvalue weighted by molar-refractivity contribution is 6.31. The van der Waals surface area contributed by atoms with E-state index in [2.05, 4.69) is 22.2 Å². The predicted molar refractivity (Wildman–Crippen MR) is 106 cm³/mol. The maximum Gasteiger partial charge on any atom is 0.162 e. The van der Waals surface area contributed by atoms with Crippen LogP contribution in [0, 0.1) is 5.82 Å². The molecule has 1 aromatic heterocycles. The first kappa shape index (κ1) is 19.2. The van der Waals surface area contributed by atoms with Crippen molar-refractivity contribution in [2.45, 2.75) is 26.2 Å². The first-order chi connectivity index (χ1) is 13.1. The molecule has 0 saturated carbocycles. The fourth-order valence-electron chi connectivity index (χ4n) is 2.68. The number of halogens is 2. The van der Waals surface area contributed by atoms with Gasteiger partial charge in [-0.2, -0.15) is 0 Å². The zero-order valence-electron chi connectivity index (χ0n) is 15.3. The Balaban J connectivity index is 1.94. The number of benzene rings is 2. The highest BCUT2D eigenvalue weighted by atomic mass is 35.5. The third kappa shape index (κ3) is 4.57. The fraction of sp³-hybridized carbons (Fsp3) is 0.300. The van der Waals surface area contributed by atoms with Gasteiger partial charge in [0.1, 0.15) is 18.0 Å². The number of hydrogen-bond acceptors (Lipinski definition) is 5. The summed E-state index contributed by atoms with van der Waals surface area (Å²) in [6.45, 7) is 2.76. The molecule has 0 spiro atoms. The number of methoxy groups -OCH3 is 1. The third-order valence-electron chi connectivity index (χ3n) is 4.11. The molecule has 2 aromatic carbocycles. The van der Waals surface area contributed by atoms with E-state index in [4.69, 9.17) is 21.1 Å². The van der Waals surface area contributed by atoms with Crippen LogP contribution >= 0.6 is 11.6 Å². The van der Waals surface area contributed by atoms with Gasteiger partial charge in [0, 0.05) is 17.1 Å². The van der Waals surface area contributed by atoms with Crippen LogP contribution in [-0.2, 0) is 0 Å². The van der Waals surface area contributed by atoms with Crippen LogP contribution in [-0.4, -0.2) is 23.7 Å². The van der Waals surface area contributed by atoms with E-state index in [1.165, 1.54) is 18.5 Å². The van der Waals surface area contributed by atoms with E-state index in [0.29, 0.717) is 35.1 Å². The molecule has 1 heterocycles. The Kier molecular flexibility index (Phi) is 6.29. The fourth-order valence-corrected chi connectivity index (χ4v) is 2.86. The molecule has 142 valence electrons. The summed E-state index contributed by atoms with van der Waals surface area (Å²) in [7, 11) is 1.60. The summed E-state index contributed by atoms with van der Waals surface area (Å²) >= 11 is 5.86. The van der Waals surface area contributed by atoms with Crippen molar-refractivity contribution in [3.63, 3.8) is 0 Å². The summed E-state index contributed by atoms with van der Waals surface area (Å²) in [6, 6.07) is 8.08. The second kappa shape index (κ2) is 8.86. The molecule has 0 aliphatic carbocycles. The van der Waals surface area contributed by atoms with Gasteiger partial charge in [0.15, 0.2) is 11.5 Å². The van der Waals surface area contributed by atoms with E-state index in [0.717, 1.165) is 24.6 Å². The predicted octanol–water partition coefficient (Wildman–Crippen LogP) is 5.74.